The molecule has 0 heterocycles. The third-order valence-electron chi connectivity index (χ3n) is 6.73. The SMILES string of the molecule is CCC(C(=O)NC1CCCCC1)N(Cc1ccc(Cl)cc1Cl)C(=O)CN(c1ccc(OC)cc1)S(C)(=O)=O. The van der Waals surface area contributed by atoms with Crippen LogP contribution in [0.25, 0.3) is 0 Å². The zero-order valence-corrected chi connectivity index (χ0v) is 24.3. The lowest BCUT2D eigenvalue weighted by Crippen LogP contribution is -2.54. The molecule has 3 rings (SSSR count). The van der Waals surface area contributed by atoms with E-state index in [9.17, 15) is 18.0 Å². The van der Waals surface area contributed by atoms with Gasteiger partial charge in [0.15, 0.2) is 0 Å². The molecule has 8 nitrogen and oxygen atoms in total. The lowest BCUT2D eigenvalue weighted by Gasteiger charge is -2.34. The summed E-state index contributed by atoms with van der Waals surface area (Å²) in [5.41, 5.74) is 0.912. The highest BCUT2D eigenvalue weighted by atomic mass is 35.5. The minimum Gasteiger partial charge on any atom is -0.497 e. The van der Waals surface area contributed by atoms with Crippen molar-refractivity contribution in [1.29, 1.82) is 0 Å². The average Bonchev–Trinajstić information content (AvgIpc) is 2.88. The highest BCUT2D eigenvalue weighted by molar-refractivity contribution is 7.92. The first-order valence-electron chi connectivity index (χ1n) is 12.7. The predicted molar refractivity (Wildman–Crippen MR) is 151 cm³/mol. The fraction of sp³-hybridized carbons (Fsp3) is 0.481. The van der Waals surface area contributed by atoms with Gasteiger partial charge in [0.05, 0.1) is 19.1 Å². The normalized spacial score (nSPS) is 15.0. The van der Waals surface area contributed by atoms with Crippen molar-refractivity contribution >= 4 is 50.7 Å². The Morgan fingerprint density at radius 3 is 2.29 bits per heavy atom. The molecule has 1 aliphatic carbocycles. The molecule has 1 aliphatic rings. The molecule has 2 aromatic rings. The fourth-order valence-electron chi connectivity index (χ4n) is 4.66. The Morgan fingerprint density at radius 1 is 1.08 bits per heavy atom. The maximum atomic E-state index is 13.8. The average molecular weight is 585 g/mol. The van der Waals surface area contributed by atoms with Crippen LogP contribution in [0.15, 0.2) is 42.5 Å². The number of sulfonamides is 1. The topological polar surface area (TPSA) is 96.0 Å². The molecule has 2 aromatic carbocycles. The second-order valence-electron chi connectivity index (χ2n) is 9.49. The number of carbonyl (C=O) groups excluding carboxylic acids is 2. The molecule has 2 amide bonds. The van der Waals surface area contributed by atoms with Gasteiger partial charge in [-0.15, -0.1) is 0 Å². The van der Waals surface area contributed by atoms with Crippen molar-refractivity contribution in [2.24, 2.45) is 0 Å². The van der Waals surface area contributed by atoms with Crippen LogP contribution in [-0.4, -0.2) is 57.1 Å². The molecular weight excluding hydrogens is 549 g/mol. The summed E-state index contributed by atoms with van der Waals surface area (Å²) in [5.74, 6) is -0.228. The van der Waals surface area contributed by atoms with Crippen LogP contribution in [0.3, 0.4) is 0 Å². The Kier molecular flexibility index (Phi) is 10.7. The zero-order valence-electron chi connectivity index (χ0n) is 22.0. The monoisotopic (exact) mass is 583 g/mol. The number of nitrogens with zero attached hydrogens (tertiary/aromatic N) is 2. The molecule has 0 bridgehead atoms. The zero-order chi connectivity index (χ0) is 27.9. The summed E-state index contributed by atoms with van der Waals surface area (Å²) in [6, 6.07) is 10.6. The number of benzene rings is 2. The summed E-state index contributed by atoms with van der Waals surface area (Å²) in [7, 11) is -2.32. The molecule has 0 saturated heterocycles. The van der Waals surface area contributed by atoms with Crippen molar-refractivity contribution in [1.82, 2.24) is 10.2 Å². The Hall–Kier alpha value is -2.49. The summed E-state index contributed by atoms with van der Waals surface area (Å²) in [6.07, 6.45) is 6.44. The van der Waals surface area contributed by atoms with Gasteiger partial charge in [0.1, 0.15) is 18.3 Å². The Balaban J connectivity index is 1.93. The Labute approximate surface area is 235 Å². The number of anilines is 1. The smallest absolute Gasteiger partial charge is 0.244 e. The predicted octanol–water partition coefficient (Wildman–Crippen LogP) is 5.02. The van der Waals surface area contributed by atoms with Crippen LogP contribution in [0.5, 0.6) is 5.75 Å². The van der Waals surface area contributed by atoms with Gasteiger partial charge < -0.3 is 15.0 Å². The third kappa shape index (κ3) is 8.01. The van der Waals surface area contributed by atoms with E-state index in [0.717, 1.165) is 42.7 Å². The summed E-state index contributed by atoms with van der Waals surface area (Å²) in [5, 5.41) is 3.91. The maximum Gasteiger partial charge on any atom is 0.244 e. The van der Waals surface area contributed by atoms with Gasteiger partial charge in [-0.1, -0.05) is 55.5 Å². The molecule has 1 N–H and O–H groups in total. The van der Waals surface area contributed by atoms with Gasteiger partial charge in [0, 0.05) is 22.6 Å². The van der Waals surface area contributed by atoms with E-state index in [1.165, 1.54) is 12.0 Å². The number of hydrogen-bond donors (Lipinski definition) is 1. The van der Waals surface area contributed by atoms with Crippen molar-refractivity contribution in [3.63, 3.8) is 0 Å². The summed E-state index contributed by atoms with van der Waals surface area (Å²) in [6.45, 7) is 1.36. The molecule has 1 fully saturated rings. The molecule has 11 heteroatoms. The van der Waals surface area contributed by atoms with Crippen molar-refractivity contribution < 1.29 is 22.7 Å². The first-order chi connectivity index (χ1) is 18.0. The van der Waals surface area contributed by atoms with E-state index in [-0.39, 0.29) is 18.5 Å². The van der Waals surface area contributed by atoms with Crippen LogP contribution in [0, 0.1) is 0 Å². The molecular formula is C27H35Cl2N3O5S. The minimum absolute atomic E-state index is 0.0195. The quantitative estimate of drug-likeness (QED) is 0.400. The summed E-state index contributed by atoms with van der Waals surface area (Å²) in [4.78, 5) is 28.7. The third-order valence-corrected chi connectivity index (χ3v) is 8.46. The highest BCUT2D eigenvalue weighted by Gasteiger charge is 2.33. The van der Waals surface area contributed by atoms with Gasteiger partial charge in [0.2, 0.25) is 21.8 Å². The fourth-order valence-corrected chi connectivity index (χ4v) is 5.98. The molecule has 0 aromatic heterocycles. The van der Waals surface area contributed by atoms with Crippen LogP contribution in [0.4, 0.5) is 5.69 Å². The number of carbonyl (C=O) groups is 2. The summed E-state index contributed by atoms with van der Waals surface area (Å²) >= 11 is 12.5. The van der Waals surface area contributed by atoms with Crippen molar-refractivity contribution in [3.05, 3.63) is 58.1 Å². The van der Waals surface area contributed by atoms with Crippen LogP contribution < -0.4 is 14.4 Å². The van der Waals surface area contributed by atoms with E-state index in [0.29, 0.717) is 33.5 Å². The second kappa shape index (κ2) is 13.5. The van der Waals surface area contributed by atoms with E-state index in [1.807, 2.05) is 6.92 Å². The Morgan fingerprint density at radius 2 is 1.74 bits per heavy atom. The van der Waals surface area contributed by atoms with E-state index >= 15 is 0 Å². The van der Waals surface area contributed by atoms with Crippen LogP contribution in [0.1, 0.15) is 51.0 Å². The van der Waals surface area contributed by atoms with Crippen LogP contribution >= 0.6 is 23.2 Å². The second-order valence-corrected chi connectivity index (χ2v) is 12.2. The van der Waals surface area contributed by atoms with E-state index in [2.05, 4.69) is 5.32 Å². The van der Waals surface area contributed by atoms with E-state index in [1.54, 1.807) is 42.5 Å². The van der Waals surface area contributed by atoms with E-state index in [4.69, 9.17) is 27.9 Å². The number of rotatable bonds is 11. The lowest BCUT2D eigenvalue weighted by atomic mass is 9.95. The van der Waals surface area contributed by atoms with Gasteiger partial charge >= 0.3 is 0 Å². The van der Waals surface area contributed by atoms with Gasteiger partial charge in [-0.2, -0.15) is 0 Å². The number of hydrogen-bond acceptors (Lipinski definition) is 5. The van der Waals surface area contributed by atoms with Crippen molar-refractivity contribution in [2.75, 3.05) is 24.2 Å². The first-order valence-corrected chi connectivity index (χ1v) is 15.3. The molecule has 0 radical (unpaired) electrons. The van der Waals surface area contributed by atoms with Crippen molar-refractivity contribution in [2.45, 2.75) is 64.1 Å². The lowest BCUT2D eigenvalue weighted by molar-refractivity contribution is -0.140. The standard InChI is InChI=1S/C27H35Cl2N3O5S/c1-4-25(27(34)30-21-8-6-5-7-9-21)31(17-19-10-11-20(28)16-24(19)29)26(33)18-32(38(3,35)36)22-12-14-23(37-2)15-13-22/h10-16,21,25H,4-9,17-18H2,1-3H3,(H,30,34). The molecule has 0 spiro atoms. The number of methoxy groups -OCH3 is 1. The van der Waals surface area contributed by atoms with E-state index < -0.39 is 28.5 Å². The number of nitrogens with one attached hydrogen (secondary N) is 1. The van der Waals surface area contributed by atoms with Crippen LogP contribution in [0.2, 0.25) is 10.0 Å². The molecule has 1 atom stereocenters. The molecule has 1 saturated carbocycles. The number of amides is 2. The number of halogens is 2. The Bertz CT molecular complexity index is 1220. The summed E-state index contributed by atoms with van der Waals surface area (Å²) < 4.78 is 31.7. The number of ether oxygens (including phenoxy) is 1. The molecule has 1 unspecified atom stereocenters. The molecule has 208 valence electrons. The van der Waals surface area contributed by atoms with Gasteiger partial charge in [-0.05, 0) is 61.2 Å². The maximum absolute atomic E-state index is 13.8. The van der Waals surface area contributed by atoms with Crippen molar-refractivity contribution in [3.8, 4) is 5.75 Å². The van der Waals surface area contributed by atoms with Gasteiger partial charge in [0.25, 0.3) is 0 Å². The highest BCUT2D eigenvalue weighted by Crippen LogP contribution is 2.26. The van der Waals surface area contributed by atoms with Gasteiger partial charge in [-0.3, -0.25) is 13.9 Å². The van der Waals surface area contributed by atoms with Gasteiger partial charge in [-0.25, -0.2) is 8.42 Å². The minimum atomic E-state index is -3.83. The first kappa shape index (κ1) is 30.1. The largest absolute Gasteiger partial charge is 0.497 e. The molecule has 0 aliphatic heterocycles. The molecule has 38 heavy (non-hydrogen) atoms. The van der Waals surface area contributed by atoms with Crippen LogP contribution in [-0.2, 0) is 26.2 Å².